The quantitative estimate of drug-likeness (QED) is 0.709. The van der Waals surface area contributed by atoms with Gasteiger partial charge in [-0.1, -0.05) is 30.3 Å². The molecule has 2 rings (SSSR count). The highest BCUT2D eigenvalue weighted by molar-refractivity contribution is 5.87. The van der Waals surface area contributed by atoms with Crippen molar-refractivity contribution in [3.63, 3.8) is 0 Å². The first-order valence-corrected chi connectivity index (χ1v) is 4.82. The highest BCUT2D eigenvalue weighted by Gasteiger charge is 2.40. The van der Waals surface area contributed by atoms with Crippen LogP contribution in [0.5, 0.6) is 0 Å². The summed E-state index contributed by atoms with van der Waals surface area (Å²) in [5, 5.41) is 3.19. The predicted octanol–water partition coefficient (Wildman–Crippen LogP) is 0.403. The van der Waals surface area contributed by atoms with Crippen molar-refractivity contribution in [1.29, 1.82) is 0 Å². The van der Waals surface area contributed by atoms with E-state index in [-0.39, 0.29) is 5.91 Å². The van der Waals surface area contributed by atoms with Gasteiger partial charge in [-0.2, -0.15) is 0 Å². The fourth-order valence-corrected chi connectivity index (χ4v) is 2.05. The number of rotatable bonds is 2. The Hall–Kier alpha value is -1.35. The van der Waals surface area contributed by atoms with E-state index in [1.807, 2.05) is 30.3 Å². The van der Waals surface area contributed by atoms with E-state index in [2.05, 4.69) is 5.32 Å². The molecule has 1 aliphatic heterocycles. The Balaban J connectivity index is 2.42. The molecule has 1 atom stereocenters. The van der Waals surface area contributed by atoms with Crippen molar-refractivity contribution in [2.75, 3.05) is 13.1 Å². The second kappa shape index (κ2) is 3.42. The molecule has 3 N–H and O–H groups in total. The summed E-state index contributed by atoms with van der Waals surface area (Å²) < 4.78 is 0. The van der Waals surface area contributed by atoms with Gasteiger partial charge in [0.15, 0.2) is 0 Å². The minimum Gasteiger partial charge on any atom is -0.369 e. The zero-order valence-electron chi connectivity index (χ0n) is 7.99. The van der Waals surface area contributed by atoms with Crippen LogP contribution in [0.25, 0.3) is 0 Å². The molecule has 0 saturated carbocycles. The van der Waals surface area contributed by atoms with Crippen LogP contribution >= 0.6 is 0 Å². The minimum absolute atomic E-state index is 0.228. The molecular weight excluding hydrogens is 176 g/mol. The molecule has 3 heteroatoms. The van der Waals surface area contributed by atoms with Gasteiger partial charge >= 0.3 is 0 Å². The van der Waals surface area contributed by atoms with Gasteiger partial charge in [0, 0.05) is 6.54 Å². The molecule has 1 saturated heterocycles. The summed E-state index contributed by atoms with van der Waals surface area (Å²) in [5.41, 5.74) is 6.03. The van der Waals surface area contributed by atoms with Crippen LogP contribution in [0.2, 0.25) is 0 Å². The first-order chi connectivity index (χ1) is 6.76. The molecule has 74 valence electrons. The minimum atomic E-state index is -0.485. The van der Waals surface area contributed by atoms with Crippen molar-refractivity contribution < 1.29 is 4.79 Å². The lowest BCUT2D eigenvalue weighted by Crippen LogP contribution is -2.42. The van der Waals surface area contributed by atoms with E-state index in [4.69, 9.17) is 5.73 Å². The van der Waals surface area contributed by atoms with Crippen LogP contribution in [-0.2, 0) is 10.2 Å². The highest BCUT2D eigenvalue weighted by atomic mass is 16.1. The van der Waals surface area contributed by atoms with E-state index in [1.165, 1.54) is 0 Å². The lowest BCUT2D eigenvalue weighted by molar-refractivity contribution is -0.122. The molecule has 1 unspecified atom stereocenters. The molecule has 0 aromatic heterocycles. The predicted molar refractivity (Wildman–Crippen MR) is 54.8 cm³/mol. The van der Waals surface area contributed by atoms with Crippen molar-refractivity contribution in [3.8, 4) is 0 Å². The Kier molecular flexibility index (Phi) is 2.25. The molecule has 1 amide bonds. The topological polar surface area (TPSA) is 55.1 Å². The number of hydrogen-bond acceptors (Lipinski definition) is 2. The third-order valence-corrected chi connectivity index (χ3v) is 2.95. The Bertz CT molecular complexity index is 328. The van der Waals surface area contributed by atoms with E-state index in [9.17, 15) is 4.79 Å². The van der Waals surface area contributed by atoms with Crippen molar-refractivity contribution >= 4 is 5.91 Å². The van der Waals surface area contributed by atoms with E-state index in [0.717, 1.165) is 18.5 Å². The second-order valence-corrected chi connectivity index (χ2v) is 3.74. The summed E-state index contributed by atoms with van der Waals surface area (Å²) in [6.45, 7) is 1.52. The molecule has 0 radical (unpaired) electrons. The molecule has 3 nitrogen and oxygen atoms in total. The van der Waals surface area contributed by atoms with Gasteiger partial charge in [0.1, 0.15) is 0 Å². The van der Waals surface area contributed by atoms with Crippen molar-refractivity contribution in [2.45, 2.75) is 11.8 Å². The Morgan fingerprint density at radius 1 is 1.36 bits per heavy atom. The normalized spacial score (nSPS) is 26.3. The van der Waals surface area contributed by atoms with Gasteiger partial charge in [-0.05, 0) is 18.5 Å². The molecule has 1 fully saturated rings. The maximum absolute atomic E-state index is 11.5. The zero-order chi connectivity index (χ0) is 10.0. The highest BCUT2D eigenvalue weighted by Crippen LogP contribution is 2.29. The summed E-state index contributed by atoms with van der Waals surface area (Å²) in [6.07, 6.45) is 0.798. The fraction of sp³-hybridized carbons (Fsp3) is 0.364. The molecular formula is C11H14N2O. The van der Waals surface area contributed by atoms with Crippen LogP contribution in [0, 0.1) is 0 Å². The smallest absolute Gasteiger partial charge is 0.229 e. The molecule has 0 bridgehead atoms. The Labute approximate surface area is 83.3 Å². The molecule has 14 heavy (non-hydrogen) atoms. The van der Waals surface area contributed by atoms with Gasteiger partial charge in [-0.25, -0.2) is 0 Å². The molecule has 1 heterocycles. The zero-order valence-corrected chi connectivity index (χ0v) is 7.99. The van der Waals surface area contributed by atoms with Crippen LogP contribution in [0.3, 0.4) is 0 Å². The van der Waals surface area contributed by atoms with Crippen molar-refractivity contribution in [1.82, 2.24) is 5.32 Å². The number of nitrogens with one attached hydrogen (secondary N) is 1. The van der Waals surface area contributed by atoms with E-state index >= 15 is 0 Å². The van der Waals surface area contributed by atoms with Gasteiger partial charge in [-0.3, -0.25) is 4.79 Å². The fourth-order valence-electron chi connectivity index (χ4n) is 2.05. The van der Waals surface area contributed by atoms with Crippen LogP contribution in [-0.4, -0.2) is 19.0 Å². The summed E-state index contributed by atoms with van der Waals surface area (Å²) in [7, 11) is 0. The molecule has 0 spiro atoms. The SMILES string of the molecule is NC(=O)C1(c2ccccc2)CCNC1. The Morgan fingerprint density at radius 2 is 2.07 bits per heavy atom. The number of nitrogens with two attached hydrogens (primary N) is 1. The lowest BCUT2D eigenvalue weighted by atomic mass is 9.79. The maximum Gasteiger partial charge on any atom is 0.229 e. The van der Waals surface area contributed by atoms with E-state index in [1.54, 1.807) is 0 Å². The van der Waals surface area contributed by atoms with Crippen LogP contribution < -0.4 is 11.1 Å². The first-order valence-electron chi connectivity index (χ1n) is 4.82. The third kappa shape index (κ3) is 1.30. The number of primary amides is 1. The maximum atomic E-state index is 11.5. The molecule has 1 aromatic carbocycles. The molecule has 0 aliphatic carbocycles. The first kappa shape index (κ1) is 9.21. The summed E-state index contributed by atoms with van der Waals surface area (Å²) in [6, 6.07) is 9.77. The van der Waals surface area contributed by atoms with E-state index in [0.29, 0.717) is 6.54 Å². The summed E-state index contributed by atoms with van der Waals surface area (Å²) in [4.78, 5) is 11.5. The summed E-state index contributed by atoms with van der Waals surface area (Å²) in [5.74, 6) is -0.228. The monoisotopic (exact) mass is 190 g/mol. The average molecular weight is 190 g/mol. The number of amides is 1. The van der Waals surface area contributed by atoms with Crippen molar-refractivity contribution in [2.24, 2.45) is 5.73 Å². The van der Waals surface area contributed by atoms with Gasteiger partial charge in [0.2, 0.25) is 5.91 Å². The van der Waals surface area contributed by atoms with Crippen LogP contribution in [0.4, 0.5) is 0 Å². The number of carbonyl (C=O) groups is 1. The second-order valence-electron chi connectivity index (χ2n) is 3.74. The summed E-state index contributed by atoms with van der Waals surface area (Å²) >= 11 is 0. The average Bonchev–Trinajstić information content (AvgIpc) is 2.69. The third-order valence-electron chi connectivity index (χ3n) is 2.95. The molecule has 1 aliphatic rings. The van der Waals surface area contributed by atoms with Gasteiger partial charge < -0.3 is 11.1 Å². The Morgan fingerprint density at radius 3 is 2.57 bits per heavy atom. The van der Waals surface area contributed by atoms with Gasteiger partial charge in [0.25, 0.3) is 0 Å². The lowest BCUT2D eigenvalue weighted by Gasteiger charge is -2.24. The number of benzene rings is 1. The number of carbonyl (C=O) groups excluding carboxylic acids is 1. The number of hydrogen-bond donors (Lipinski definition) is 2. The molecule has 1 aromatic rings. The largest absolute Gasteiger partial charge is 0.369 e. The van der Waals surface area contributed by atoms with Crippen LogP contribution in [0.15, 0.2) is 30.3 Å². The van der Waals surface area contributed by atoms with E-state index < -0.39 is 5.41 Å². The van der Waals surface area contributed by atoms with Gasteiger partial charge in [0.05, 0.1) is 5.41 Å². The van der Waals surface area contributed by atoms with Crippen molar-refractivity contribution in [3.05, 3.63) is 35.9 Å². The standard InChI is InChI=1S/C11H14N2O/c12-10(14)11(6-7-13-8-11)9-4-2-1-3-5-9/h1-5,13H,6-8H2,(H2,12,14). The van der Waals surface area contributed by atoms with Gasteiger partial charge in [-0.15, -0.1) is 0 Å². The van der Waals surface area contributed by atoms with Crippen LogP contribution in [0.1, 0.15) is 12.0 Å².